The van der Waals surface area contributed by atoms with E-state index in [9.17, 15) is 9.90 Å². The highest BCUT2D eigenvalue weighted by Crippen LogP contribution is 2.33. The third-order valence-electron chi connectivity index (χ3n) is 4.18. The summed E-state index contributed by atoms with van der Waals surface area (Å²) in [5.74, 6) is 0.457. The number of benzene rings is 1. The number of carboxylic acid groups (broad SMARTS) is 1. The number of nitrogens with zero attached hydrogens (tertiary/aromatic N) is 2. The van der Waals surface area contributed by atoms with Crippen LogP contribution in [0.4, 0.5) is 0 Å². The fourth-order valence-corrected chi connectivity index (χ4v) is 2.88. The Hall–Kier alpha value is -1.79. The van der Waals surface area contributed by atoms with Crippen molar-refractivity contribution in [2.45, 2.75) is 26.3 Å². The molecule has 24 heavy (non-hydrogen) atoms. The van der Waals surface area contributed by atoms with Gasteiger partial charge in [-0.2, -0.15) is 0 Å². The van der Waals surface area contributed by atoms with Gasteiger partial charge >= 0.3 is 5.97 Å². The highest BCUT2D eigenvalue weighted by molar-refractivity contribution is 5.76. The molecular formula is C18H28N2O4. The number of hydrogen-bond donors (Lipinski definition) is 1. The van der Waals surface area contributed by atoms with Crippen LogP contribution in [0.15, 0.2) is 18.2 Å². The van der Waals surface area contributed by atoms with E-state index in [1.54, 1.807) is 0 Å². The van der Waals surface area contributed by atoms with Crippen LogP contribution in [0.25, 0.3) is 0 Å². The summed E-state index contributed by atoms with van der Waals surface area (Å²) in [5, 5.41) is 9.75. The zero-order valence-corrected chi connectivity index (χ0v) is 14.8. The Labute approximate surface area is 144 Å². The van der Waals surface area contributed by atoms with Gasteiger partial charge in [0.1, 0.15) is 6.04 Å². The van der Waals surface area contributed by atoms with E-state index >= 15 is 0 Å². The Kier molecular flexibility index (Phi) is 6.87. The smallest absolute Gasteiger partial charge is 0.325 e. The van der Waals surface area contributed by atoms with E-state index in [-0.39, 0.29) is 0 Å². The molecule has 0 amide bonds. The van der Waals surface area contributed by atoms with Crippen molar-refractivity contribution in [3.8, 4) is 11.5 Å². The van der Waals surface area contributed by atoms with Gasteiger partial charge in [-0.05, 0) is 38.1 Å². The molecule has 2 rings (SSSR count). The molecule has 1 aromatic rings. The topological polar surface area (TPSA) is 62.2 Å². The number of ether oxygens (including phenoxy) is 2. The molecule has 6 heteroatoms. The Morgan fingerprint density at radius 3 is 2.46 bits per heavy atom. The maximum absolute atomic E-state index is 11.9. The Balaban J connectivity index is 2.25. The van der Waals surface area contributed by atoms with Crippen molar-refractivity contribution < 1.29 is 19.4 Å². The van der Waals surface area contributed by atoms with Crippen LogP contribution in [0.3, 0.4) is 0 Å². The zero-order chi connectivity index (χ0) is 17.5. The number of piperazine rings is 1. The van der Waals surface area contributed by atoms with E-state index in [1.165, 1.54) is 0 Å². The predicted molar refractivity (Wildman–Crippen MR) is 92.8 cm³/mol. The first-order chi connectivity index (χ1) is 11.6. The largest absolute Gasteiger partial charge is 0.490 e. The molecule has 1 fully saturated rings. The second kappa shape index (κ2) is 8.89. The molecule has 0 bridgehead atoms. The van der Waals surface area contributed by atoms with Crippen molar-refractivity contribution in [2.75, 3.05) is 46.4 Å². The predicted octanol–water partition coefficient (Wildman–Crippen LogP) is 2.25. The van der Waals surface area contributed by atoms with E-state index in [0.717, 1.165) is 38.2 Å². The van der Waals surface area contributed by atoms with E-state index in [4.69, 9.17) is 9.47 Å². The van der Waals surface area contributed by atoms with Crippen molar-refractivity contribution in [1.29, 1.82) is 0 Å². The summed E-state index contributed by atoms with van der Waals surface area (Å²) in [6.45, 7) is 8.31. The first kappa shape index (κ1) is 18.5. The van der Waals surface area contributed by atoms with Crippen LogP contribution < -0.4 is 9.47 Å². The molecule has 1 heterocycles. The lowest BCUT2D eigenvalue weighted by molar-refractivity contribution is -0.144. The van der Waals surface area contributed by atoms with Crippen LogP contribution in [0.1, 0.15) is 31.9 Å². The summed E-state index contributed by atoms with van der Waals surface area (Å²) in [6, 6.07) is 4.82. The molecule has 134 valence electrons. The molecule has 6 nitrogen and oxygen atoms in total. The van der Waals surface area contributed by atoms with Crippen molar-refractivity contribution >= 4 is 5.97 Å². The SMILES string of the molecule is CCCOc1ccc(C(C(=O)O)N2CCN(C)CC2)cc1OCC. The van der Waals surface area contributed by atoms with Gasteiger partial charge in [0.2, 0.25) is 0 Å². The average molecular weight is 336 g/mol. The van der Waals surface area contributed by atoms with Gasteiger partial charge < -0.3 is 19.5 Å². The molecule has 1 saturated heterocycles. The van der Waals surface area contributed by atoms with Gasteiger partial charge in [-0.3, -0.25) is 9.69 Å². The highest BCUT2D eigenvalue weighted by atomic mass is 16.5. The number of likely N-dealkylation sites (N-methyl/N-ethyl adjacent to an activating group) is 1. The van der Waals surface area contributed by atoms with Gasteiger partial charge in [-0.15, -0.1) is 0 Å². The van der Waals surface area contributed by atoms with Crippen molar-refractivity contribution in [1.82, 2.24) is 9.80 Å². The second-order valence-electron chi connectivity index (χ2n) is 6.07. The molecule has 0 saturated carbocycles. The molecule has 1 aromatic carbocycles. The van der Waals surface area contributed by atoms with Crippen molar-refractivity contribution in [2.24, 2.45) is 0 Å². The van der Waals surface area contributed by atoms with E-state index in [1.807, 2.05) is 36.9 Å². The van der Waals surface area contributed by atoms with Gasteiger partial charge in [0.25, 0.3) is 0 Å². The standard InChI is InChI=1S/C18H28N2O4/c1-4-12-24-15-7-6-14(13-16(15)23-5-2)17(18(21)22)20-10-8-19(3)9-11-20/h6-7,13,17H,4-5,8-12H2,1-3H3,(H,21,22). The first-order valence-corrected chi connectivity index (χ1v) is 8.61. The molecule has 1 unspecified atom stereocenters. The van der Waals surface area contributed by atoms with Gasteiger partial charge in [-0.25, -0.2) is 0 Å². The maximum atomic E-state index is 11.9. The Bertz CT molecular complexity index is 542. The van der Waals surface area contributed by atoms with Crippen LogP contribution in [-0.4, -0.2) is 67.3 Å². The third-order valence-corrected chi connectivity index (χ3v) is 4.18. The summed E-state index contributed by atoms with van der Waals surface area (Å²) in [6.07, 6.45) is 0.909. The number of carboxylic acids is 1. The quantitative estimate of drug-likeness (QED) is 0.786. The van der Waals surface area contributed by atoms with E-state index < -0.39 is 12.0 Å². The molecule has 0 radical (unpaired) electrons. The minimum Gasteiger partial charge on any atom is -0.490 e. The Morgan fingerprint density at radius 2 is 1.88 bits per heavy atom. The number of rotatable bonds is 8. The highest BCUT2D eigenvalue weighted by Gasteiger charge is 2.30. The lowest BCUT2D eigenvalue weighted by Crippen LogP contribution is -2.47. The average Bonchev–Trinajstić information content (AvgIpc) is 2.56. The molecule has 0 aliphatic carbocycles. The van der Waals surface area contributed by atoms with Crippen molar-refractivity contribution in [3.63, 3.8) is 0 Å². The maximum Gasteiger partial charge on any atom is 0.325 e. The van der Waals surface area contributed by atoms with Crippen LogP contribution in [0.5, 0.6) is 11.5 Å². The summed E-state index contributed by atoms with van der Waals surface area (Å²) >= 11 is 0. The van der Waals surface area contributed by atoms with Gasteiger partial charge in [0.05, 0.1) is 13.2 Å². The fourth-order valence-electron chi connectivity index (χ4n) is 2.88. The molecule has 1 aliphatic heterocycles. The summed E-state index contributed by atoms with van der Waals surface area (Å²) in [5.41, 5.74) is 0.736. The van der Waals surface area contributed by atoms with Crippen LogP contribution in [0.2, 0.25) is 0 Å². The number of hydrogen-bond acceptors (Lipinski definition) is 5. The first-order valence-electron chi connectivity index (χ1n) is 8.61. The minimum absolute atomic E-state index is 0.512. The summed E-state index contributed by atoms with van der Waals surface area (Å²) in [7, 11) is 2.06. The van der Waals surface area contributed by atoms with E-state index in [2.05, 4.69) is 11.9 Å². The Morgan fingerprint density at radius 1 is 1.17 bits per heavy atom. The minimum atomic E-state index is -0.829. The normalized spacial score (nSPS) is 17.5. The number of carbonyl (C=O) groups is 1. The second-order valence-corrected chi connectivity index (χ2v) is 6.07. The summed E-state index contributed by atoms with van der Waals surface area (Å²) in [4.78, 5) is 16.1. The zero-order valence-electron chi connectivity index (χ0n) is 14.8. The molecule has 1 atom stereocenters. The third kappa shape index (κ3) is 4.61. The molecule has 1 N–H and O–H groups in total. The molecular weight excluding hydrogens is 308 g/mol. The molecule has 1 aliphatic rings. The lowest BCUT2D eigenvalue weighted by atomic mass is 10.0. The monoisotopic (exact) mass is 336 g/mol. The van der Waals surface area contributed by atoms with Crippen LogP contribution in [-0.2, 0) is 4.79 Å². The van der Waals surface area contributed by atoms with Gasteiger partial charge in [0, 0.05) is 26.2 Å². The van der Waals surface area contributed by atoms with Crippen molar-refractivity contribution in [3.05, 3.63) is 23.8 Å². The van der Waals surface area contributed by atoms with Gasteiger partial charge in [0.15, 0.2) is 11.5 Å². The molecule has 0 spiro atoms. The van der Waals surface area contributed by atoms with Crippen LogP contribution >= 0.6 is 0 Å². The molecule has 0 aromatic heterocycles. The fraction of sp³-hybridized carbons (Fsp3) is 0.611. The van der Waals surface area contributed by atoms with Crippen LogP contribution in [0, 0.1) is 0 Å². The number of aliphatic carboxylic acids is 1. The van der Waals surface area contributed by atoms with Gasteiger partial charge in [-0.1, -0.05) is 13.0 Å². The van der Waals surface area contributed by atoms with E-state index in [0.29, 0.717) is 24.7 Å². The summed E-state index contributed by atoms with van der Waals surface area (Å²) < 4.78 is 11.4. The lowest BCUT2D eigenvalue weighted by Gasteiger charge is -2.36.